The lowest BCUT2D eigenvalue weighted by Crippen LogP contribution is -2.27. The molecule has 1 atom stereocenters. The Morgan fingerprint density at radius 3 is 2.59 bits per heavy atom. The molecule has 0 fully saturated rings. The van der Waals surface area contributed by atoms with E-state index in [2.05, 4.69) is 36.4 Å². The molecule has 2 amide bonds. The van der Waals surface area contributed by atoms with Gasteiger partial charge in [-0.3, -0.25) is 14.6 Å². The maximum Gasteiger partial charge on any atom is 0.258 e. The van der Waals surface area contributed by atoms with Gasteiger partial charge < -0.3 is 10.6 Å². The molecule has 2 aromatic heterocycles. The maximum absolute atomic E-state index is 13.4. The monoisotopic (exact) mass is 447 g/mol. The van der Waals surface area contributed by atoms with Crippen molar-refractivity contribution in [3.05, 3.63) is 75.9 Å². The molecule has 0 aliphatic heterocycles. The second-order valence-corrected chi connectivity index (χ2v) is 10.6. The van der Waals surface area contributed by atoms with Crippen molar-refractivity contribution in [3.63, 3.8) is 0 Å². The van der Waals surface area contributed by atoms with Crippen LogP contribution >= 0.6 is 11.3 Å². The fourth-order valence-electron chi connectivity index (χ4n) is 4.24. The van der Waals surface area contributed by atoms with Crippen molar-refractivity contribution < 1.29 is 9.59 Å². The Hall–Kier alpha value is -2.99. The van der Waals surface area contributed by atoms with Gasteiger partial charge in [-0.25, -0.2) is 0 Å². The lowest BCUT2D eigenvalue weighted by Gasteiger charge is -2.33. The second-order valence-electron chi connectivity index (χ2n) is 9.53. The van der Waals surface area contributed by atoms with Crippen LogP contribution in [-0.2, 0) is 12.8 Å². The van der Waals surface area contributed by atoms with Gasteiger partial charge in [0.1, 0.15) is 5.00 Å². The number of benzene rings is 1. The van der Waals surface area contributed by atoms with Crippen LogP contribution in [0.3, 0.4) is 0 Å². The fourth-order valence-corrected chi connectivity index (χ4v) is 5.56. The number of hydrogen-bond acceptors (Lipinski definition) is 4. The number of aromatic nitrogens is 1. The van der Waals surface area contributed by atoms with E-state index in [9.17, 15) is 9.59 Å². The molecule has 0 bridgehead atoms. The zero-order chi connectivity index (χ0) is 22.9. The number of amides is 2. The summed E-state index contributed by atoms with van der Waals surface area (Å²) >= 11 is 1.53. The summed E-state index contributed by atoms with van der Waals surface area (Å²) in [4.78, 5) is 31.5. The number of carbonyl (C=O) groups is 2. The SMILES string of the molecule is Cc1cccc(NC(=O)c2c(NC(=O)c3cccnc3)sc3c2CC[C@H](C(C)(C)C)C3)c1. The van der Waals surface area contributed by atoms with Gasteiger partial charge in [-0.05, 0) is 72.9 Å². The molecule has 32 heavy (non-hydrogen) atoms. The molecule has 0 saturated carbocycles. The molecular weight excluding hydrogens is 418 g/mol. The van der Waals surface area contributed by atoms with Gasteiger partial charge >= 0.3 is 0 Å². The number of thiophene rings is 1. The van der Waals surface area contributed by atoms with Crippen LogP contribution < -0.4 is 10.6 Å². The molecule has 1 aromatic carbocycles. The normalized spacial score (nSPS) is 15.7. The minimum atomic E-state index is -0.256. The van der Waals surface area contributed by atoms with E-state index in [-0.39, 0.29) is 17.2 Å². The minimum absolute atomic E-state index is 0.177. The van der Waals surface area contributed by atoms with Crippen LogP contribution in [0.2, 0.25) is 0 Å². The largest absolute Gasteiger partial charge is 0.322 e. The summed E-state index contributed by atoms with van der Waals surface area (Å²) in [6, 6.07) is 11.2. The summed E-state index contributed by atoms with van der Waals surface area (Å²) in [5, 5.41) is 6.64. The van der Waals surface area contributed by atoms with E-state index in [1.807, 2.05) is 31.2 Å². The van der Waals surface area contributed by atoms with E-state index in [0.29, 0.717) is 22.0 Å². The predicted molar refractivity (Wildman–Crippen MR) is 131 cm³/mol. The topological polar surface area (TPSA) is 71.1 Å². The van der Waals surface area contributed by atoms with E-state index in [0.717, 1.165) is 36.1 Å². The highest BCUT2D eigenvalue weighted by atomic mass is 32.1. The van der Waals surface area contributed by atoms with Gasteiger partial charge in [-0.15, -0.1) is 11.3 Å². The van der Waals surface area contributed by atoms with Gasteiger partial charge in [0.05, 0.1) is 11.1 Å². The van der Waals surface area contributed by atoms with Crippen molar-refractivity contribution in [1.29, 1.82) is 0 Å². The third-order valence-corrected chi connectivity index (χ3v) is 7.31. The average Bonchev–Trinajstić information content (AvgIpc) is 3.10. The van der Waals surface area contributed by atoms with Gasteiger partial charge in [0.15, 0.2) is 0 Å². The third-order valence-electron chi connectivity index (χ3n) is 6.14. The van der Waals surface area contributed by atoms with E-state index >= 15 is 0 Å². The molecule has 0 saturated heterocycles. The Kier molecular flexibility index (Phi) is 6.15. The number of aryl methyl sites for hydroxylation is 1. The summed E-state index contributed by atoms with van der Waals surface area (Å²) in [5.41, 5.74) is 4.16. The summed E-state index contributed by atoms with van der Waals surface area (Å²) in [7, 11) is 0. The zero-order valence-electron chi connectivity index (χ0n) is 19.0. The minimum Gasteiger partial charge on any atom is -0.322 e. The number of hydrogen-bond donors (Lipinski definition) is 2. The van der Waals surface area contributed by atoms with Crippen LogP contribution in [0.4, 0.5) is 10.7 Å². The Morgan fingerprint density at radius 1 is 1.09 bits per heavy atom. The van der Waals surface area contributed by atoms with Gasteiger partial charge in [0, 0.05) is 23.0 Å². The molecule has 2 heterocycles. The molecule has 6 heteroatoms. The summed E-state index contributed by atoms with van der Waals surface area (Å²) in [5.74, 6) is 0.112. The first kappa shape index (κ1) is 22.2. The molecule has 5 nitrogen and oxygen atoms in total. The average molecular weight is 448 g/mol. The van der Waals surface area contributed by atoms with Crippen molar-refractivity contribution >= 4 is 33.8 Å². The van der Waals surface area contributed by atoms with Gasteiger partial charge in [-0.2, -0.15) is 0 Å². The van der Waals surface area contributed by atoms with Gasteiger partial charge in [-0.1, -0.05) is 32.9 Å². The molecule has 2 N–H and O–H groups in total. The maximum atomic E-state index is 13.4. The van der Waals surface area contributed by atoms with Crippen LogP contribution in [-0.4, -0.2) is 16.8 Å². The smallest absolute Gasteiger partial charge is 0.258 e. The number of rotatable bonds is 4. The Morgan fingerprint density at radius 2 is 1.91 bits per heavy atom. The number of anilines is 2. The highest BCUT2D eigenvalue weighted by molar-refractivity contribution is 7.17. The number of carbonyl (C=O) groups excluding carboxylic acids is 2. The fraction of sp³-hybridized carbons (Fsp3) is 0.346. The molecule has 0 unspecified atom stereocenters. The number of fused-ring (bicyclic) bond motifs is 1. The summed E-state index contributed by atoms with van der Waals surface area (Å²) < 4.78 is 0. The van der Waals surface area contributed by atoms with Crippen LogP contribution in [0, 0.1) is 18.3 Å². The van der Waals surface area contributed by atoms with Gasteiger partial charge in [0.2, 0.25) is 0 Å². The number of pyridine rings is 1. The first-order chi connectivity index (χ1) is 15.2. The van der Waals surface area contributed by atoms with Crippen molar-refractivity contribution in [3.8, 4) is 0 Å². The molecular formula is C26H29N3O2S. The standard InChI is InChI=1S/C26H29N3O2S/c1-16-7-5-9-19(13-16)28-24(31)22-20-11-10-18(26(2,3)4)14-21(20)32-25(22)29-23(30)17-8-6-12-27-15-17/h5-9,12-13,15,18H,10-11,14H2,1-4H3,(H,28,31)(H,29,30)/t18-/m0/s1. The Balaban J connectivity index is 1.69. The molecule has 1 aliphatic carbocycles. The molecule has 0 spiro atoms. The highest BCUT2D eigenvalue weighted by Crippen LogP contribution is 2.44. The van der Waals surface area contributed by atoms with Crippen LogP contribution in [0.1, 0.15) is 63.9 Å². The van der Waals surface area contributed by atoms with E-state index in [1.54, 1.807) is 18.3 Å². The van der Waals surface area contributed by atoms with E-state index in [4.69, 9.17) is 0 Å². The Bertz CT molecular complexity index is 1150. The first-order valence-corrected chi connectivity index (χ1v) is 11.8. The number of nitrogens with zero attached hydrogens (tertiary/aromatic N) is 1. The second kappa shape index (κ2) is 8.87. The van der Waals surface area contributed by atoms with Gasteiger partial charge in [0.25, 0.3) is 11.8 Å². The van der Waals surface area contributed by atoms with Crippen molar-refractivity contribution in [2.24, 2.45) is 11.3 Å². The molecule has 3 aromatic rings. The molecule has 1 aliphatic rings. The Labute approximate surface area is 193 Å². The predicted octanol–water partition coefficient (Wildman–Crippen LogP) is 6.11. The van der Waals surface area contributed by atoms with Crippen molar-refractivity contribution in [2.75, 3.05) is 10.6 Å². The van der Waals surface area contributed by atoms with Crippen LogP contribution in [0.25, 0.3) is 0 Å². The molecule has 166 valence electrons. The first-order valence-electron chi connectivity index (χ1n) is 11.0. The molecule has 4 rings (SSSR count). The van der Waals surface area contributed by atoms with Crippen molar-refractivity contribution in [1.82, 2.24) is 4.98 Å². The lowest BCUT2D eigenvalue weighted by atomic mass is 9.72. The van der Waals surface area contributed by atoms with E-state index < -0.39 is 0 Å². The van der Waals surface area contributed by atoms with Crippen molar-refractivity contribution in [2.45, 2.75) is 47.0 Å². The zero-order valence-corrected chi connectivity index (χ0v) is 19.8. The van der Waals surface area contributed by atoms with Crippen LogP contribution in [0.15, 0.2) is 48.8 Å². The van der Waals surface area contributed by atoms with E-state index in [1.165, 1.54) is 22.4 Å². The highest BCUT2D eigenvalue weighted by Gasteiger charge is 2.34. The quantitative estimate of drug-likeness (QED) is 0.507. The molecule has 0 radical (unpaired) electrons. The third kappa shape index (κ3) is 4.75. The summed E-state index contributed by atoms with van der Waals surface area (Å²) in [6.07, 6.45) is 5.97. The van der Waals surface area contributed by atoms with Crippen LogP contribution in [0.5, 0.6) is 0 Å². The lowest BCUT2D eigenvalue weighted by molar-refractivity contribution is 0.102. The summed E-state index contributed by atoms with van der Waals surface area (Å²) in [6.45, 7) is 8.81. The number of nitrogens with one attached hydrogen (secondary N) is 2.